The first-order chi connectivity index (χ1) is 14.1. The van der Waals surface area contributed by atoms with Crippen molar-refractivity contribution in [3.05, 3.63) is 76.9 Å². The van der Waals surface area contributed by atoms with E-state index < -0.39 is 0 Å². The third-order valence-corrected chi connectivity index (χ3v) is 6.82. The highest BCUT2D eigenvalue weighted by atomic mass is 16.1. The molecule has 0 bridgehead atoms. The van der Waals surface area contributed by atoms with Gasteiger partial charge in [0.15, 0.2) is 5.78 Å². The molecule has 0 heterocycles. The van der Waals surface area contributed by atoms with Crippen LogP contribution in [0.5, 0.6) is 0 Å². The molecule has 2 heteroatoms. The summed E-state index contributed by atoms with van der Waals surface area (Å²) in [6, 6.07) is 18.9. The van der Waals surface area contributed by atoms with Gasteiger partial charge in [-0.3, -0.25) is 4.79 Å². The molecule has 0 radical (unpaired) electrons. The number of hydrogen-bond acceptors (Lipinski definition) is 2. The van der Waals surface area contributed by atoms with Crippen LogP contribution in [0.3, 0.4) is 0 Å². The minimum Gasteiger partial charge on any atom is -0.378 e. The monoisotopic (exact) mass is 387 g/mol. The maximum Gasteiger partial charge on any atom is 0.166 e. The molecule has 29 heavy (non-hydrogen) atoms. The fourth-order valence-corrected chi connectivity index (χ4v) is 5.56. The van der Waals surface area contributed by atoms with Crippen LogP contribution in [-0.4, -0.2) is 19.9 Å². The molecular formula is C27H33NO. The van der Waals surface area contributed by atoms with Gasteiger partial charge in [0.05, 0.1) is 0 Å². The van der Waals surface area contributed by atoms with Gasteiger partial charge in [-0.15, -0.1) is 0 Å². The minimum atomic E-state index is 0.165. The Bertz CT molecular complexity index is 894. The third kappa shape index (κ3) is 3.54. The van der Waals surface area contributed by atoms with Crippen LogP contribution in [0, 0.1) is 17.8 Å². The maximum atomic E-state index is 13.3. The normalized spacial score (nSPS) is 25.1. The van der Waals surface area contributed by atoms with Gasteiger partial charge in [-0.1, -0.05) is 80.3 Å². The number of benzene rings is 2. The Hall–Kier alpha value is -2.35. The molecule has 4 rings (SSSR count). The average molecular weight is 388 g/mol. The number of nitrogens with zero attached hydrogens (tertiary/aromatic N) is 1. The summed E-state index contributed by atoms with van der Waals surface area (Å²) >= 11 is 0. The second-order valence-electron chi connectivity index (χ2n) is 8.87. The number of carbonyl (C=O) groups is 1. The van der Waals surface area contributed by atoms with Crippen LogP contribution in [0.4, 0.5) is 5.69 Å². The zero-order chi connectivity index (χ0) is 20.5. The van der Waals surface area contributed by atoms with Crippen molar-refractivity contribution in [2.75, 3.05) is 19.0 Å². The smallest absolute Gasteiger partial charge is 0.166 e. The summed E-state index contributed by atoms with van der Waals surface area (Å²) in [6.07, 6.45) is 4.63. The Labute approximate surface area is 175 Å². The number of rotatable bonds is 8. The fourth-order valence-electron chi connectivity index (χ4n) is 5.56. The number of hydrogen-bond donors (Lipinski definition) is 0. The van der Waals surface area contributed by atoms with Gasteiger partial charge in [-0.05, 0) is 42.4 Å². The van der Waals surface area contributed by atoms with E-state index in [4.69, 9.17) is 0 Å². The minimum absolute atomic E-state index is 0.165. The first-order valence-electron chi connectivity index (χ1n) is 11.2. The number of ketones is 1. The highest BCUT2D eigenvalue weighted by Gasteiger charge is 2.64. The molecule has 2 aliphatic rings. The number of Topliss-reactive ketones (excluding diaryl/α,β-unsaturated/α-hetero) is 1. The lowest BCUT2D eigenvalue weighted by atomic mass is 9.82. The molecule has 0 unspecified atom stereocenters. The lowest BCUT2D eigenvalue weighted by Gasteiger charge is -2.23. The van der Waals surface area contributed by atoms with Gasteiger partial charge in [0.25, 0.3) is 0 Å². The largest absolute Gasteiger partial charge is 0.378 e. The number of carbonyl (C=O) groups excluding carboxylic acids is 1. The van der Waals surface area contributed by atoms with Gasteiger partial charge in [0.2, 0.25) is 0 Å². The van der Waals surface area contributed by atoms with Gasteiger partial charge in [0.1, 0.15) is 0 Å². The standard InChI is InChI=1S/C27H33NO/c1-5-10-21-22(11-6-2)24-25(26(24)27(29)19-12-8-7-9-13-19)23(21)18-14-16-20(17-15-18)28(3)4/h7-9,12-17,23-26H,5-6,10-11H2,1-4H3/t23-,24+,25-,26-/m1/s1. The van der Waals surface area contributed by atoms with E-state index in [1.807, 2.05) is 30.3 Å². The van der Waals surface area contributed by atoms with E-state index in [-0.39, 0.29) is 5.92 Å². The summed E-state index contributed by atoms with van der Waals surface area (Å²) in [6.45, 7) is 4.54. The van der Waals surface area contributed by atoms with Crippen LogP contribution < -0.4 is 4.90 Å². The van der Waals surface area contributed by atoms with Gasteiger partial charge < -0.3 is 4.90 Å². The molecule has 0 amide bonds. The van der Waals surface area contributed by atoms with Crippen LogP contribution in [0.1, 0.15) is 61.4 Å². The van der Waals surface area contributed by atoms with E-state index in [2.05, 4.69) is 57.1 Å². The summed E-state index contributed by atoms with van der Waals surface area (Å²) in [5.41, 5.74) is 6.74. The van der Waals surface area contributed by atoms with Gasteiger partial charge >= 0.3 is 0 Å². The predicted molar refractivity (Wildman–Crippen MR) is 122 cm³/mol. The molecule has 0 aromatic heterocycles. The molecule has 0 N–H and O–H groups in total. The molecule has 2 aliphatic carbocycles. The molecule has 1 fully saturated rings. The van der Waals surface area contributed by atoms with E-state index >= 15 is 0 Å². The molecule has 0 aliphatic heterocycles. The molecule has 2 nitrogen and oxygen atoms in total. The molecule has 0 saturated heterocycles. The second kappa shape index (κ2) is 8.18. The van der Waals surface area contributed by atoms with Crippen molar-refractivity contribution in [1.29, 1.82) is 0 Å². The molecule has 0 spiro atoms. The van der Waals surface area contributed by atoms with E-state index in [1.54, 1.807) is 11.1 Å². The Balaban J connectivity index is 1.71. The molecule has 2 aromatic rings. The SMILES string of the molecule is CCCC1=C(CCC)[C@@H](c2ccc(N(C)C)cc2)[C@H]2[C@H](C(=O)c3ccccc3)[C@@H]12. The number of allylic oxidation sites excluding steroid dienone is 2. The summed E-state index contributed by atoms with van der Waals surface area (Å²) in [7, 11) is 4.16. The third-order valence-electron chi connectivity index (χ3n) is 6.82. The molecular weight excluding hydrogens is 354 g/mol. The van der Waals surface area contributed by atoms with Crippen LogP contribution in [0.2, 0.25) is 0 Å². The van der Waals surface area contributed by atoms with E-state index in [0.717, 1.165) is 24.8 Å². The predicted octanol–water partition coefficient (Wildman–Crippen LogP) is 6.49. The summed E-state index contributed by atoms with van der Waals surface area (Å²) in [5.74, 6) is 1.84. The lowest BCUT2D eigenvalue weighted by Crippen LogP contribution is -2.13. The van der Waals surface area contributed by atoms with E-state index in [0.29, 0.717) is 23.5 Å². The second-order valence-corrected chi connectivity index (χ2v) is 8.87. The van der Waals surface area contributed by atoms with Crippen LogP contribution in [-0.2, 0) is 0 Å². The Morgan fingerprint density at radius 1 is 0.862 bits per heavy atom. The summed E-state index contributed by atoms with van der Waals surface area (Å²) < 4.78 is 0. The summed E-state index contributed by atoms with van der Waals surface area (Å²) in [4.78, 5) is 15.5. The number of anilines is 1. The first kappa shape index (κ1) is 19.9. The zero-order valence-electron chi connectivity index (χ0n) is 18.2. The topological polar surface area (TPSA) is 20.3 Å². The Kier molecular flexibility index (Phi) is 5.63. The molecule has 4 atom stereocenters. The zero-order valence-corrected chi connectivity index (χ0v) is 18.2. The molecule has 1 saturated carbocycles. The highest BCUT2D eigenvalue weighted by molar-refractivity contribution is 6.01. The van der Waals surface area contributed by atoms with Gasteiger partial charge in [-0.25, -0.2) is 0 Å². The average Bonchev–Trinajstić information content (AvgIpc) is 3.38. The van der Waals surface area contributed by atoms with Crippen molar-refractivity contribution >= 4 is 11.5 Å². The number of fused-ring (bicyclic) bond motifs is 1. The fraction of sp³-hybridized carbons (Fsp3) is 0.444. The Morgan fingerprint density at radius 2 is 1.48 bits per heavy atom. The van der Waals surface area contributed by atoms with Crippen molar-refractivity contribution in [1.82, 2.24) is 0 Å². The van der Waals surface area contributed by atoms with Crippen molar-refractivity contribution in [3.8, 4) is 0 Å². The van der Waals surface area contributed by atoms with Crippen LogP contribution in [0.15, 0.2) is 65.7 Å². The van der Waals surface area contributed by atoms with E-state index in [1.165, 1.54) is 17.7 Å². The first-order valence-corrected chi connectivity index (χ1v) is 11.2. The van der Waals surface area contributed by atoms with Crippen LogP contribution in [0.25, 0.3) is 0 Å². The van der Waals surface area contributed by atoms with Crippen molar-refractivity contribution in [2.24, 2.45) is 17.8 Å². The van der Waals surface area contributed by atoms with E-state index in [9.17, 15) is 4.79 Å². The lowest BCUT2D eigenvalue weighted by molar-refractivity contribution is 0.0955. The quantitative estimate of drug-likeness (QED) is 0.381. The highest BCUT2D eigenvalue weighted by Crippen LogP contribution is 2.68. The summed E-state index contributed by atoms with van der Waals surface area (Å²) in [5, 5.41) is 0. The van der Waals surface area contributed by atoms with Gasteiger partial charge in [-0.2, -0.15) is 0 Å². The van der Waals surface area contributed by atoms with Crippen LogP contribution >= 0.6 is 0 Å². The van der Waals surface area contributed by atoms with Crippen molar-refractivity contribution in [3.63, 3.8) is 0 Å². The Morgan fingerprint density at radius 3 is 2.07 bits per heavy atom. The van der Waals surface area contributed by atoms with Gasteiger partial charge in [0, 0.05) is 37.2 Å². The van der Waals surface area contributed by atoms with Crippen molar-refractivity contribution in [2.45, 2.75) is 45.4 Å². The molecule has 2 aromatic carbocycles. The molecule has 152 valence electrons. The van der Waals surface area contributed by atoms with Crippen molar-refractivity contribution < 1.29 is 4.79 Å². The maximum absolute atomic E-state index is 13.3.